The van der Waals surface area contributed by atoms with Gasteiger partial charge in [0.2, 0.25) is 0 Å². The van der Waals surface area contributed by atoms with Gasteiger partial charge in [0.15, 0.2) is 0 Å². The lowest BCUT2D eigenvalue weighted by Gasteiger charge is -2.22. The molecule has 2 aromatic rings. The molecule has 1 aromatic carbocycles. The van der Waals surface area contributed by atoms with Crippen molar-refractivity contribution in [2.45, 2.75) is 52.4 Å². The Labute approximate surface area is 122 Å². The molecule has 2 rings (SSSR count). The van der Waals surface area contributed by atoms with Gasteiger partial charge in [0, 0.05) is 18.0 Å². The van der Waals surface area contributed by atoms with Crippen LogP contribution < -0.4 is 5.32 Å². The van der Waals surface area contributed by atoms with Crippen LogP contribution in [0.4, 0.5) is 5.82 Å². The number of rotatable bonds is 4. The van der Waals surface area contributed by atoms with E-state index in [1.165, 1.54) is 29.4 Å². The minimum absolute atomic E-state index is 0.0962. The van der Waals surface area contributed by atoms with Crippen molar-refractivity contribution >= 4 is 16.7 Å². The molecule has 0 aliphatic carbocycles. The number of aryl methyl sites for hydroxylation is 1. The Bertz CT molecular complexity index is 594. The van der Waals surface area contributed by atoms with Crippen molar-refractivity contribution in [2.75, 3.05) is 12.4 Å². The predicted molar refractivity (Wildman–Crippen MR) is 88.6 cm³/mol. The van der Waals surface area contributed by atoms with Gasteiger partial charge in [0.1, 0.15) is 5.82 Å². The third-order valence-corrected chi connectivity index (χ3v) is 3.74. The number of hydrogen-bond acceptors (Lipinski definition) is 2. The highest BCUT2D eigenvalue weighted by molar-refractivity contribution is 5.83. The van der Waals surface area contributed by atoms with E-state index >= 15 is 0 Å². The largest absolute Gasteiger partial charge is 0.373 e. The molecule has 108 valence electrons. The molecule has 0 amide bonds. The van der Waals surface area contributed by atoms with E-state index in [2.05, 4.69) is 57.3 Å². The second-order valence-electron chi connectivity index (χ2n) is 6.52. The van der Waals surface area contributed by atoms with Gasteiger partial charge in [-0.25, -0.2) is 4.98 Å². The Morgan fingerprint density at radius 1 is 1.15 bits per heavy atom. The lowest BCUT2D eigenvalue weighted by Crippen LogP contribution is -2.15. The first kappa shape index (κ1) is 14.8. The average molecular weight is 270 g/mol. The van der Waals surface area contributed by atoms with Crippen LogP contribution in [-0.4, -0.2) is 12.0 Å². The Morgan fingerprint density at radius 3 is 2.50 bits per heavy atom. The smallest absolute Gasteiger partial charge is 0.130 e. The fourth-order valence-electron chi connectivity index (χ4n) is 2.52. The van der Waals surface area contributed by atoms with Crippen molar-refractivity contribution < 1.29 is 0 Å². The number of unbranched alkanes of at least 4 members (excludes halogenated alkanes) is 1. The van der Waals surface area contributed by atoms with E-state index in [0.29, 0.717) is 0 Å². The Hall–Kier alpha value is -1.57. The van der Waals surface area contributed by atoms with Crippen molar-refractivity contribution in [3.05, 3.63) is 35.4 Å². The van der Waals surface area contributed by atoms with E-state index in [9.17, 15) is 0 Å². The quantitative estimate of drug-likeness (QED) is 0.853. The van der Waals surface area contributed by atoms with Crippen molar-refractivity contribution in [3.8, 4) is 0 Å². The first-order chi connectivity index (χ1) is 9.45. The zero-order valence-corrected chi connectivity index (χ0v) is 13.4. The molecule has 2 heteroatoms. The second-order valence-corrected chi connectivity index (χ2v) is 6.52. The van der Waals surface area contributed by atoms with Crippen molar-refractivity contribution in [1.82, 2.24) is 4.98 Å². The summed E-state index contributed by atoms with van der Waals surface area (Å²) in [6.45, 7) is 8.94. The maximum Gasteiger partial charge on any atom is 0.130 e. The monoisotopic (exact) mass is 270 g/mol. The molecule has 2 nitrogen and oxygen atoms in total. The van der Waals surface area contributed by atoms with Crippen molar-refractivity contribution in [2.24, 2.45) is 0 Å². The molecule has 20 heavy (non-hydrogen) atoms. The molecule has 0 spiro atoms. The SMILES string of the molecule is CCCCc1ccc2nc(NC)c(C(C)(C)C)cc2c1. The fourth-order valence-corrected chi connectivity index (χ4v) is 2.52. The summed E-state index contributed by atoms with van der Waals surface area (Å²) >= 11 is 0. The van der Waals surface area contributed by atoms with E-state index in [-0.39, 0.29) is 5.41 Å². The van der Waals surface area contributed by atoms with Gasteiger partial charge in [-0.15, -0.1) is 0 Å². The summed E-state index contributed by atoms with van der Waals surface area (Å²) in [4.78, 5) is 4.77. The maximum atomic E-state index is 4.77. The first-order valence-electron chi connectivity index (χ1n) is 7.57. The zero-order chi connectivity index (χ0) is 14.8. The molecule has 0 radical (unpaired) electrons. The number of anilines is 1. The lowest BCUT2D eigenvalue weighted by molar-refractivity contribution is 0.591. The van der Waals surface area contributed by atoms with Crippen molar-refractivity contribution in [3.63, 3.8) is 0 Å². The summed E-state index contributed by atoms with van der Waals surface area (Å²) in [5, 5.41) is 4.48. The standard InChI is InChI=1S/C18H26N2/c1-6-7-8-13-9-10-16-14(11-13)12-15(18(2,3)4)17(19-5)20-16/h9-12H,6-8H2,1-5H3,(H,19,20). The second kappa shape index (κ2) is 5.82. The number of fused-ring (bicyclic) bond motifs is 1. The van der Waals surface area contributed by atoms with Gasteiger partial charge in [-0.2, -0.15) is 0 Å². The van der Waals surface area contributed by atoms with Crippen LogP contribution in [0.2, 0.25) is 0 Å². The average Bonchev–Trinajstić information content (AvgIpc) is 2.42. The van der Waals surface area contributed by atoms with Crippen LogP contribution >= 0.6 is 0 Å². The van der Waals surface area contributed by atoms with Gasteiger partial charge in [-0.05, 0) is 42.0 Å². The summed E-state index contributed by atoms with van der Waals surface area (Å²) in [6, 6.07) is 8.95. The van der Waals surface area contributed by atoms with Crippen LogP contribution in [0, 0.1) is 0 Å². The Balaban J connectivity index is 2.52. The van der Waals surface area contributed by atoms with Crippen molar-refractivity contribution in [1.29, 1.82) is 0 Å². The zero-order valence-electron chi connectivity index (χ0n) is 13.4. The number of benzene rings is 1. The molecule has 1 aromatic heterocycles. The summed E-state index contributed by atoms with van der Waals surface area (Å²) < 4.78 is 0. The minimum atomic E-state index is 0.0962. The normalized spacial score (nSPS) is 11.8. The molecular formula is C18H26N2. The summed E-state index contributed by atoms with van der Waals surface area (Å²) in [5.41, 5.74) is 3.86. The Kier molecular flexibility index (Phi) is 4.32. The maximum absolute atomic E-state index is 4.77. The fraction of sp³-hybridized carbons (Fsp3) is 0.500. The number of nitrogens with one attached hydrogen (secondary N) is 1. The topological polar surface area (TPSA) is 24.9 Å². The van der Waals surface area contributed by atoms with Gasteiger partial charge >= 0.3 is 0 Å². The number of aromatic nitrogens is 1. The summed E-state index contributed by atoms with van der Waals surface area (Å²) in [6.07, 6.45) is 3.65. The van der Waals surface area contributed by atoms with E-state index in [0.717, 1.165) is 17.8 Å². The van der Waals surface area contributed by atoms with Crippen LogP contribution in [0.1, 0.15) is 51.7 Å². The highest BCUT2D eigenvalue weighted by atomic mass is 15.0. The van der Waals surface area contributed by atoms with E-state index < -0.39 is 0 Å². The number of nitrogens with zero attached hydrogens (tertiary/aromatic N) is 1. The summed E-state index contributed by atoms with van der Waals surface area (Å²) in [7, 11) is 1.94. The highest BCUT2D eigenvalue weighted by Gasteiger charge is 2.19. The van der Waals surface area contributed by atoms with Crippen LogP contribution in [0.3, 0.4) is 0 Å². The molecule has 1 heterocycles. The molecule has 0 atom stereocenters. The summed E-state index contributed by atoms with van der Waals surface area (Å²) in [5.74, 6) is 0.992. The van der Waals surface area contributed by atoms with E-state index in [4.69, 9.17) is 4.98 Å². The lowest BCUT2D eigenvalue weighted by atomic mass is 9.86. The molecule has 0 unspecified atom stereocenters. The van der Waals surface area contributed by atoms with Gasteiger partial charge < -0.3 is 5.32 Å². The minimum Gasteiger partial charge on any atom is -0.373 e. The van der Waals surface area contributed by atoms with Gasteiger partial charge in [0.25, 0.3) is 0 Å². The predicted octanol–water partition coefficient (Wildman–Crippen LogP) is 4.92. The van der Waals surface area contributed by atoms with Crippen LogP contribution in [-0.2, 0) is 11.8 Å². The van der Waals surface area contributed by atoms with E-state index in [1.807, 2.05) is 7.05 Å². The van der Waals surface area contributed by atoms with Crippen LogP contribution in [0.5, 0.6) is 0 Å². The van der Waals surface area contributed by atoms with Gasteiger partial charge in [-0.1, -0.05) is 40.2 Å². The van der Waals surface area contributed by atoms with Crippen LogP contribution in [0.15, 0.2) is 24.3 Å². The molecule has 0 aliphatic rings. The van der Waals surface area contributed by atoms with E-state index in [1.54, 1.807) is 0 Å². The van der Waals surface area contributed by atoms with Gasteiger partial charge in [0.05, 0.1) is 5.52 Å². The molecule has 0 saturated carbocycles. The third kappa shape index (κ3) is 3.12. The molecule has 0 bridgehead atoms. The molecule has 1 N–H and O–H groups in total. The molecule has 0 aliphatic heterocycles. The number of pyridine rings is 1. The van der Waals surface area contributed by atoms with Crippen LogP contribution in [0.25, 0.3) is 10.9 Å². The first-order valence-corrected chi connectivity index (χ1v) is 7.57. The molecular weight excluding hydrogens is 244 g/mol. The van der Waals surface area contributed by atoms with Gasteiger partial charge in [-0.3, -0.25) is 0 Å². The number of hydrogen-bond donors (Lipinski definition) is 1. The highest BCUT2D eigenvalue weighted by Crippen LogP contribution is 2.31. The Morgan fingerprint density at radius 2 is 1.90 bits per heavy atom. The third-order valence-electron chi connectivity index (χ3n) is 3.74. The molecule has 0 saturated heterocycles. The molecule has 0 fully saturated rings.